The first kappa shape index (κ1) is 12.7. The molecule has 2 aromatic heterocycles. The van der Waals surface area contributed by atoms with Crippen molar-refractivity contribution in [3.05, 3.63) is 23.7 Å². The van der Waals surface area contributed by atoms with Gasteiger partial charge in [0.15, 0.2) is 5.65 Å². The van der Waals surface area contributed by atoms with Crippen molar-refractivity contribution in [2.75, 3.05) is 12.0 Å². The molecule has 0 aliphatic rings. The van der Waals surface area contributed by atoms with Crippen LogP contribution in [0, 0.1) is 6.92 Å². The summed E-state index contributed by atoms with van der Waals surface area (Å²) in [5.74, 6) is 2.50. The van der Waals surface area contributed by atoms with Crippen LogP contribution in [0.25, 0.3) is 11.2 Å². The molecular weight excluding hydrogens is 254 g/mol. The molecule has 0 amide bonds. The van der Waals surface area contributed by atoms with Crippen molar-refractivity contribution in [3.63, 3.8) is 0 Å². The molecule has 0 aromatic carbocycles. The zero-order valence-electron chi connectivity index (χ0n) is 10.1. The Morgan fingerprint density at radius 3 is 3.00 bits per heavy atom. The molecule has 0 atom stereocenters. The van der Waals surface area contributed by atoms with E-state index in [1.165, 1.54) is 0 Å². The molecule has 5 heteroatoms. The molecule has 0 fully saturated rings. The van der Waals surface area contributed by atoms with Gasteiger partial charge in [0.1, 0.15) is 11.3 Å². The maximum atomic E-state index is 5.94. The molecule has 2 heterocycles. The average Bonchev–Trinajstić information content (AvgIpc) is 2.67. The van der Waals surface area contributed by atoms with Crippen molar-refractivity contribution < 1.29 is 0 Å². The molecule has 0 aliphatic heterocycles. The number of imidazole rings is 1. The van der Waals surface area contributed by atoms with E-state index in [2.05, 4.69) is 26.9 Å². The van der Waals surface area contributed by atoms with E-state index >= 15 is 0 Å². The van der Waals surface area contributed by atoms with E-state index in [-0.39, 0.29) is 0 Å². The van der Waals surface area contributed by atoms with Crippen LogP contribution in [0.1, 0.15) is 17.8 Å². The van der Waals surface area contributed by atoms with Gasteiger partial charge in [0.25, 0.3) is 0 Å². The third-order valence-corrected chi connectivity index (χ3v) is 3.59. The van der Waals surface area contributed by atoms with Crippen LogP contribution in [0.3, 0.4) is 0 Å². The molecule has 0 bridgehead atoms. The molecule has 0 aliphatic carbocycles. The number of aryl methyl sites for hydroxylation is 2. The van der Waals surface area contributed by atoms with Gasteiger partial charge in [-0.25, -0.2) is 9.97 Å². The van der Waals surface area contributed by atoms with Crippen molar-refractivity contribution >= 4 is 34.5 Å². The Bertz CT molecular complexity index is 510. The Labute approximate surface area is 111 Å². The predicted octanol–water partition coefficient (Wildman–Crippen LogP) is 3.23. The van der Waals surface area contributed by atoms with E-state index in [0.29, 0.717) is 5.88 Å². The highest BCUT2D eigenvalue weighted by Crippen LogP contribution is 2.17. The van der Waals surface area contributed by atoms with Crippen LogP contribution in [-0.2, 0) is 12.4 Å². The molecule has 2 rings (SSSR count). The van der Waals surface area contributed by atoms with E-state index in [1.54, 1.807) is 0 Å². The maximum Gasteiger partial charge on any atom is 0.160 e. The number of hydrogen-bond donors (Lipinski definition) is 0. The van der Waals surface area contributed by atoms with Crippen LogP contribution in [0.2, 0.25) is 0 Å². The van der Waals surface area contributed by atoms with Crippen LogP contribution in [0.5, 0.6) is 0 Å². The number of hydrogen-bond acceptors (Lipinski definition) is 3. The maximum absolute atomic E-state index is 5.94. The summed E-state index contributed by atoms with van der Waals surface area (Å²) in [5, 5.41) is 0. The molecule has 0 unspecified atom stereocenters. The monoisotopic (exact) mass is 269 g/mol. The lowest BCUT2D eigenvalue weighted by Gasteiger charge is -2.06. The van der Waals surface area contributed by atoms with Gasteiger partial charge < -0.3 is 4.57 Å². The van der Waals surface area contributed by atoms with Crippen molar-refractivity contribution in [2.45, 2.75) is 25.8 Å². The zero-order valence-corrected chi connectivity index (χ0v) is 11.7. The topological polar surface area (TPSA) is 30.7 Å². The minimum Gasteiger partial charge on any atom is -0.312 e. The molecular formula is C12H16ClN3S. The highest BCUT2D eigenvalue weighted by molar-refractivity contribution is 7.98. The van der Waals surface area contributed by atoms with Gasteiger partial charge in [0, 0.05) is 12.7 Å². The third-order valence-electron chi connectivity index (χ3n) is 2.65. The summed E-state index contributed by atoms with van der Waals surface area (Å²) in [6, 6.07) is 2.06. The summed E-state index contributed by atoms with van der Waals surface area (Å²) in [6.07, 6.45) is 5.12. The second kappa shape index (κ2) is 5.74. The van der Waals surface area contributed by atoms with Crippen LogP contribution < -0.4 is 0 Å². The molecule has 0 radical (unpaired) electrons. The lowest BCUT2D eigenvalue weighted by Crippen LogP contribution is -2.04. The van der Waals surface area contributed by atoms with Gasteiger partial charge in [-0.2, -0.15) is 11.8 Å². The quantitative estimate of drug-likeness (QED) is 0.617. The van der Waals surface area contributed by atoms with Gasteiger partial charge in [-0.3, -0.25) is 0 Å². The summed E-state index contributed by atoms with van der Waals surface area (Å²) in [4.78, 5) is 9.00. The van der Waals surface area contributed by atoms with Crippen LogP contribution in [0.15, 0.2) is 12.3 Å². The summed E-state index contributed by atoms with van der Waals surface area (Å²) in [6.45, 7) is 2.97. The first-order chi connectivity index (χ1) is 8.26. The van der Waals surface area contributed by atoms with Crippen LogP contribution >= 0.6 is 23.4 Å². The fourth-order valence-electron chi connectivity index (χ4n) is 1.86. The van der Waals surface area contributed by atoms with Crippen LogP contribution in [-0.4, -0.2) is 26.5 Å². The first-order valence-electron chi connectivity index (χ1n) is 5.63. The number of nitrogens with zero attached hydrogens (tertiary/aromatic N) is 3. The average molecular weight is 270 g/mol. The highest BCUT2D eigenvalue weighted by atomic mass is 35.5. The van der Waals surface area contributed by atoms with Gasteiger partial charge in [0.05, 0.1) is 5.88 Å². The molecule has 2 aromatic rings. The second-order valence-electron chi connectivity index (χ2n) is 4.02. The van der Waals surface area contributed by atoms with E-state index in [0.717, 1.165) is 41.3 Å². The smallest absolute Gasteiger partial charge is 0.160 e. The Hall–Kier alpha value is -0.740. The lowest BCUT2D eigenvalue weighted by molar-refractivity contribution is 0.671. The van der Waals surface area contributed by atoms with Gasteiger partial charge in [0.2, 0.25) is 0 Å². The molecule has 3 nitrogen and oxygen atoms in total. The minimum atomic E-state index is 0.439. The molecule has 92 valence electrons. The summed E-state index contributed by atoms with van der Waals surface area (Å²) in [7, 11) is 0. The fraction of sp³-hybridized carbons (Fsp3) is 0.500. The molecule has 17 heavy (non-hydrogen) atoms. The van der Waals surface area contributed by atoms with Gasteiger partial charge in [-0.1, -0.05) is 0 Å². The fourth-order valence-corrected chi connectivity index (χ4v) is 2.48. The SMILES string of the molecule is CSCCCn1c(CCl)nc2cc(C)cnc21. The van der Waals surface area contributed by atoms with E-state index in [4.69, 9.17) is 11.6 Å². The number of rotatable bonds is 5. The summed E-state index contributed by atoms with van der Waals surface area (Å²) >= 11 is 7.80. The van der Waals surface area contributed by atoms with Crippen molar-refractivity contribution in [3.8, 4) is 0 Å². The van der Waals surface area contributed by atoms with E-state index in [9.17, 15) is 0 Å². The first-order valence-corrected chi connectivity index (χ1v) is 7.55. The second-order valence-corrected chi connectivity index (χ2v) is 5.27. The van der Waals surface area contributed by atoms with E-state index in [1.807, 2.05) is 24.9 Å². The minimum absolute atomic E-state index is 0.439. The molecule has 0 saturated carbocycles. The zero-order chi connectivity index (χ0) is 12.3. The third kappa shape index (κ3) is 2.75. The number of pyridine rings is 1. The molecule has 0 N–H and O–H groups in total. The number of thioether (sulfide) groups is 1. The van der Waals surface area contributed by atoms with Gasteiger partial charge in [-0.05, 0) is 37.0 Å². The Morgan fingerprint density at radius 2 is 2.29 bits per heavy atom. The number of alkyl halides is 1. The highest BCUT2D eigenvalue weighted by Gasteiger charge is 2.10. The summed E-state index contributed by atoms with van der Waals surface area (Å²) < 4.78 is 2.14. The van der Waals surface area contributed by atoms with E-state index < -0.39 is 0 Å². The molecule has 0 spiro atoms. The normalized spacial score (nSPS) is 11.2. The van der Waals surface area contributed by atoms with Gasteiger partial charge in [-0.15, -0.1) is 11.6 Å². The Morgan fingerprint density at radius 1 is 1.47 bits per heavy atom. The van der Waals surface area contributed by atoms with Crippen molar-refractivity contribution in [2.24, 2.45) is 0 Å². The molecule has 0 saturated heterocycles. The van der Waals surface area contributed by atoms with Crippen molar-refractivity contribution in [1.29, 1.82) is 0 Å². The largest absolute Gasteiger partial charge is 0.312 e. The summed E-state index contributed by atoms with van der Waals surface area (Å²) in [5.41, 5.74) is 3.03. The van der Waals surface area contributed by atoms with Crippen molar-refractivity contribution in [1.82, 2.24) is 14.5 Å². The lowest BCUT2D eigenvalue weighted by atomic mass is 10.3. The number of aromatic nitrogens is 3. The Kier molecular flexibility index (Phi) is 4.29. The Balaban J connectivity index is 2.36. The number of halogens is 1. The standard InChI is InChI=1S/C12H16ClN3S/c1-9-6-10-12(14-8-9)16(4-3-5-17-2)11(7-13)15-10/h6,8H,3-5,7H2,1-2H3. The number of fused-ring (bicyclic) bond motifs is 1. The van der Waals surface area contributed by atoms with Gasteiger partial charge >= 0.3 is 0 Å². The van der Waals surface area contributed by atoms with Crippen LogP contribution in [0.4, 0.5) is 0 Å². The predicted molar refractivity (Wildman–Crippen MR) is 74.8 cm³/mol.